The van der Waals surface area contributed by atoms with Gasteiger partial charge in [0, 0.05) is 5.56 Å². The minimum atomic E-state index is -0.669. The fourth-order valence-electron chi connectivity index (χ4n) is 1.92. The minimum absolute atomic E-state index is 0.157. The summed E-state index contributed by atoms with van der Waals surface area (Å²) in [6.45, 7) is 0. The third-order valence-electron chi connectivity index (χ3n) is 3.01. The van der Waals surface area contributed by atoms with Gasteiger partial charge >= 0.3 is 0 Å². The van der Waals surface area contributed by atoms with Crippen molar-refractivity contribution < 1.29 is 18.3 Å². The molecular formula is C15H12BrClF2O2. The van der Waals surface area contributed by atoms with E-state index in [0.717, 1.165) is 12.1 Å². The van der Waals surface area contributed by atoms with Crippen LogP contribution in [0.15, 0.2) is 30.3 Å². The van der Waals surface area contributed by atoms with E-state index >= 15 is 0 Å². The Morgan fingerprint density at radius 2 is 1.67 bits per heavy atom. The van der Waals surface area contributed by atoms with Crippen LogP contribution in [0.4, 0.5) is 8.78 Å². The summed E-state index contributed by atoms with van der Waals surface area (Å²) in [6, 6.07) is 7.18. The van der Waals surface area contributed by atoms with E-state index in [1.807, 2.05) is 0 Å². The van der Waals surface area contributed by atoms with Crippen LogP contribution >= 0.6 is 27.5 Å². The Hall–Kier alpha value is -1.33. The van der Waals surface area contributed by atoms with Crippen molar-refractivity contribution in [2.24, 2.45) is 0 Å². The van der Waals surface area contributed by atoms with Crippen molar-refractivity contribution in [2.45, 2.75) is 4.83 Å². The van der Waals surface area contributed by atoms with Gasteiger partial charge in [0.2, 0.25) is 0 Å². The van der Waals surface area contributed by atoms with Gasteiger partial charge in [0.05, 0.1) is 24.1 Å². The molecule has 0 fully saturated rings. The highest BCUT2D eigenvalue weighted by Crippen LogP contribution is 2.38. The lowest BCUT2D eigenvalue weighted by molar-refractivity contribution is 0.354. The van der Waals surface area contributed by atoms with Gasteiger partial charge in [0.1, 0.15) is 11.6 Å². The number of methoxy groups -OCH3 is 2. The molecule has 0 aliphatic heterocycles. The molecule has 1 unspecified atom stereocenters. The molecule has 0 saturated heterocycles. The van der Waals surface area contributed by atoms with E-state index in [-0.39, 0.29) is 10.6 Å². The Balaban J connectivity index is 2.45. The zero-order valence-electron chi connectivity index (χ0n) is 11.3. The fraction of sp³-hybridized carbons (Fsp3) is 0.200. The standard InChI is InChI=1S/C15H12BrClF2O2/c1-20-13-4-3-8(5-14(13)21-2)15(16)9-6-12(19)10(17)7-11(9)18/h3-7,15H,1-2H3. The summed E-state index contributed by atoms with van der Waals surface area (Å²) < 4.78 is 37.8. The molecule has 0 N–H and O–H groups in total. The monoisotopic (exact) mass is 376 g/mol. The fourth-order valence-corrected chi connectivity index (χ4v) is 2.71. The quantitative estimate of drug-likeness (QED) is 0.544. The van der Waals surface area contributed by atoms with Crippen LogP contribution in [0, 0.1) is 11.6 Å². The average molecular weight is 378 g/mol. The molecule has 0 spiro atoms. The van der Waals surface area contributed by atoms with Crippen LogP contribution in [0.2, 0.25) is 5.02 Å². The molecule has 2 nitrogen and oxygen atoms in total. The highest BCUT2D eigenvalue weighted by atomic mass is 79.9. The molecule has 0 heterocycles. The van der Waals surface area contributed by atoms with E-state index in [4.69, 9.17) is 21.1 Å². The zero-order chi connectivity index (χ0) is 15.6. The van der Waals surface area contributed by atoms with Gasteiger partial charge in [0.25, 0.3) is 0 Å². The molecular weight excluding hydrogens is 366 g/mol. The summed E-state index contributed by atoms with van der Waals surface area (Å²) in [4.78, 5) is -0.538. The summed E-state index contributed by atoms with van der Waals surface area (Å²) in [5, 5.41) is -0.247. The highest BCUT2D eigenvalue weighted by molar-refractivity contribution is 9.09. The van der Waals surface area contributed by atoms with Crippen molar-refractivity contribution in [1.29, 1.82) is 0 Å². The first-order valence-electron chi connectivity index (χ1n) is 5.98. The second-order valence-electron chi connectivity index (χ2n) is 4.26. The van der Waals surface area contributed by atoms with Gasteiger partial charge in [-0.1, -0.05) is 33.6 Å². The SMILES string of the molecule is COc1ccc(C(Br)c2cc(F)c(Cl)cc2F)cc1OC. The molecule has 0 aromatic heterocycles. The molecule has 21 heavy (non-hydrogen) atoms. The molecule has 2 aromatic carbocycles. The topological polar surface area (TPSA) is 18.5 Å². The molecule has 112 valence electrons. The molecule has 0 aliphatic rings. The lowest BCUT2D eigenvalue weighted by Gasteiger charge is -2.15. The number of rotatable bonds is 4. The van der Waals surface area contributed by atoms with E-state index in [2.05, 4.69) is 15.9 Å². The molecule has 2 aromatic rings. The molecule has 2 rings (SSSR count). The van der Waals surface area contributed by atoms with Crippen LogP contribution in [-0.2, 0) is 0 Å². The smallest absolute Gasteiger partial charge is 0.161 e. The lowest BCUT2D eigenvalue weighted by Crippen LogP contribution is -2.00. The normalized spacial score (nSPS) is 12.1. The number of benzene rings is 2. The maximum atomic E-state index is 14.0. The van der Waals surface area contributed by atoms with E-state index < -0.39 is 16.5 Å². The van der Waals surface area contributed by atoms with Crippen LogP contribution < -0.4 is 9.47 Å². The second kappa shape index (κ2) is 6.62. The maximum Gasteiger partial charge on any atom is 0.161 e. The number of halogens is 4. The highest BCUT2D eigenvalue weighted by Gasteiger charge is 2.19. The maximum absolute atomic E-state index is 14.0. The Bertz CT molecular complexity index is 664. The van der Waals surface area contributed by atoms with E-state index in [1.54, 1.807) is 18.2 Å². The number of hydrogen-bond acceptors (Lipinski definition) is 2. The molecule has 1 atom stereocenters. The number of ether oxygens (including phenoxy) is 2. The van der Waals surface area contributed by atoms with Crippen molar-refractivity contribution in [1.82, 2.24) is 0 Å². The Kier molecular flexibility index (Phi) is 5.06. The van der Waals surface area contributed by atoms with Crippen LogP contribution in [0.1, 0.15) is 16.0 Å². The van der Waals surface area contributed by atoms with Crippen molar-refractivity contribution in [3.05, 3.63) is 58.1 Å². The number of alkyl halides is 1. The van der Waals surface area contributed by atoms with Crippen molar-refractivity contribution in [3.8, 4) is 11.5 Å². The summed E-state index contributed by atoms with van der Waals surface area (Å²) in [6.07, 6.45) is 0. The van der Waals surface area contributed by atoms with Crippen molar-refractivity contribution >= 4 is 27.5 Å². The van der Waals surface area contributed by atoms with Gasteiger partial charge in [-0.3, -0.25) is 0 Å². The summed E-state index contributed by atoms with van der Waals surface area (Å²) in [7, 11) is 3.03. The Morgan fingerprint density at radius 3 is 2.29 bits per heavy atom. The Morgan fingerprint density at radius 1 is 1.00 bits per heavy atom. The first-order valence-corrected chi connectivity index (χ1v) is 7.27. The predicted octanol–water partition coefficient (Wildman–Crippen LogP) is 5.12. The molecule has 0 radical (unpaired) electrons. The third kappa shape index (κ3) is 3.30. The average Bonchev–Trinajstić information content (AvgIpc) is 2.49. The largest absolute Gasteiger partial charge is 0.493 e. The van der Waals surface area contributed by atoms with Gasteiger partial charge in [-0.25, -0.2) is 8.78 Å². The van der Waals surface area contributed by atoms with Crippen LogP contribution in [0.25, 0.3) is 0 Å². The first-order chi connectivity index (χ1) is 9.97. The van der Waals surface area contributed by atoms with Gasteiger partial charge in [-0.05, 0) is 29.8 Å². The summed E-state index contributed by atoms with van der Waals surface area (Å²) in [5.41, 5.74) is 0.859. The van der Waals surface area contributed by atoms with Gasteiger partial charge < -0.3 is 9.47 Å². The van der Waals surface area contributed by atoms with E-state index in [1.165, 1.54) is 14.2 Å². The molecule has 0 saturated carbocycles. The first kappa shape index (κ1) is 16.0. The van der Waals surface area contributed by atoms with Gasteiger partial charge in [-0.2, -0.15) is 0 Å². The zero-order valence-corrected chi connectivity index (χ0v) is 13.6. The van der Waals surface area contributed by atoms with Gasteiger partial charge in [-0.15, -0.1) is 0 Å². The van der Waals surface area contributed by atoms with Crippen LogP contribution in [-0.4, -0.2) is 14.2 Å². The van der Waals surface area contributed by atoms with Crippen LogP contribution in [0.5, 0.6) is 11.5 Å². The minimum Gasteiger partial charge on any atom is -0.493 e. The number of hydrogen-bond donors (Lipinski definition) is 0. The van der Waals surface area contributed by atoms with Crippen LogP contribution in [0.3, 0.4) is 0 Å². The summed E-state index contributed by atoms with van der Waals surface area (Å²) >= 11 is 8.92. The Labute approximate surface area is 134 Å². The van der Waals surface area contributed by atoms with Crippen molar-refractivity contribution in [3.63, 3.8) is 0 Å². The lowest BCUT2D eigenvalue weighted by atomic mass is 10.0. The van der Waals surface area contributed by atoms with E-state index in [9.17, 15) is 8.78 Å². The third-order valence-corrected chi connectivity index (χ3v) is 4.32. The molecule has 0 amide bonds. The predicted molar refractivity (Wildman–Crippen MR) is 81.7 cm³/mol. The molecule has 0 bridgehead atoms. The molecule has 0 aliphatic carbocycles. The van der Waals surface area contributed by atoms with Gasteiger partial charge in [0.15, 0.2) is 11.5 Å². The summed E-state index contributed by atoms with van der Waals surface area (Å²) in [5.74, 6) is -0.186. The van der Waals surface area contributed by atoms with Crippen molar-refractivity contribution in [2.75, 3.05) is 14.2 Å². The molecule has 6 heteroatoms. The van der Waals surface area contributed by atoms with E-state index in [0.29, 0.717) is 17.1 Å². The second-order valence-corrected chi connectivity index (χ2v) is 5.59.